The van der Waals surface area contributed by atoms with Crippen LogP contribution in [-0.4, -0.2) is 20.9 Å². The quantitative estimate of drug-likeness (QED) is 0.176. The van der Waals surface area contributed by atoms with Crippen molar-refractivity contribution in [2.75, 3.05) is 21.1 Å². The number of ether oxygens (including phenoxy) is 1. The van der Waals surface area contributed by atoms with E-state index in [0.717, 1.165) is 16.7 Å². The fraction of sp³-hybridized carbons (Fsp3) is 0.139. The van der Waals surface area contributed by atoms with Crippen molar-refractivity contribution in [2.45, 2.75) is 31.5 Å². The molecule has 0 saturated heterocycles. The summed E-state index contributed by atoms with van der Waals surface area (Å²) in [5, 5.41) is 0.552. The summed E-state index contributed by atoms with van der Waals surface area (Å²) >= 11 is 6.48. The topological polar surface area (TPSA) is 78.9 Å². The molecule has 1 aliphatic rings. The van der Waals surface area contributed by atoms with E-state index in [2.05, 4.69) is 9.62 Å². The van der Waals surface area contributed by atoms with Crippen LogP contribution < -0.4 is 19.3 Å². The zero-order chi connectivity index (χ0) is 31.6. The molecular weight excluding hydrogens is 606 g/mol. The number of rotatable bonds is 9. The van der Waals surface area contributed by atoms with E-state index >= 15 is 0 Å². The van der Waals surface area contributed by atoms with E-state index in [1.165, 1.54) is 12.1 Å². The molecule has 0 radical (unpaired) electrons. The number of nitrogens with one attached hydrogen (secondary N) is 1. The SMILES string of the molecule is CCOc1ccc(NS(=O)(=O)c2ccc3c(c2)C(=O)N(c2ccc(C)cc2)[C@H](c2cccc(Cl)c2)N3Cc2ccccc2)cc1. The van der Waals surface area contributed by atoms with Gasteiger partial charge in [0.05, 0.1) is 22.8 Å². The van der Waals surface area contributed by atoms with Gasteiger partial charge >= 0.3 is 0 Å². The second-order valence-corrected chi connectivity index (χ2v) is 12.9. The monoisotopic (exact) mass is 637 g/mol. The number of nitrogens with zero attached hydrogens (tertiary/aromatic N) is 2. The number of carbonyl (C=O) groups excluding carboxylic acids is 1. The number of amides is 1. The molecule has 0 bridgehead atoms. The molecule has 1 atom stereocenters. The molecular formula is C36H32ClN3O4S. The number of benzene rings is 5. The molecule has 0 spiro atoms. The van der Waals surface area contributed by atoms with Gasteiger partial charge in [-0.1, -0.05) is 71.8 Å². The van der Waals surface area contributed by atoms with Gasteiger partial charge in [-0.2, -0.15) is 0 Å². The van der Waals surface area contributed by atoms with Crippen molar-refractivity contribution in [3.05, 3.63) is 149 Å². The van der Waals surface area contributed by atoms with Crippen molar-refractivity contribution >= 4 is 44.6 Å². The molecule has 45 heavy (non-hydrogen) atoms. The minimum Gasteiger partial charge on any atom is -0.494 e. The maximum Gasteiger partial charge on any atom is 0.262 e. The Hall–Kier alpha value is -4.79. The number of anilines is 3. The summed E-state index contributed by atoms with van der Waals surface area (Å²) in [4.78, 5) is 18.4. The first-order chi connectivity index (χ1) is 21.7. The molecule has 228 valence electrons. The predicted molar refractivity (Wildman–Crippen MR) is 180 cm³/mol. The van der Waals surface area contributed by atoms with Crippen LogP contribution in [0.3, 0.4) is 0 Å². The maximum absolute atomic E-state index is 14.5. The number of hydrogen-bond acceptors (Lipinski definition) is 5. The van der Waals surface area contributed by atoms with Crippen LogP contribution in [0, 0.1) is 6.92 Å². The van der Waals surface area contributed by atoms with E-state index in [1.807, 2.05) is 86.6 Å². The highest BCUT2D eigenvalue weighted by Gasteiger charge is 2.40. The zero-order valence-corrected chi connectivity index (χ0v) is 26.4. The summed E-state index contributed by atoms with van der Waals surface area (Å²) in [5.41, 5.74) is 4.87. The summed E-state index contributed by atoms with van der Waals surface area (Å²) in [7, 11) is -4.03. The third-order valence-electron chi connectivity index (χ3n) is 7.65. The Balaban J connectivity index is 1.48. The van der Waals surface area contributed by atoms with Gasteiger partial charge in [0.15, 0.2) is 0 Å². The molecule has 1 aliphatic heterocycles. The van der Waals surface area contributed by atoms with Crippen LogP contribution in [0.15, 0.2) is 126 Å². The lowest BCUT2D eigenvalue weighted by Gasteiger charge is -2.46. The summed E-state index contributed by atoms with van der Waals surface area (Å²) < 4.78 is 35.3. The van der Waals surface area contributed by atoms with Gasteiger partial charge in [-0.05, 0) is 91.7 Å². The van der Waals surface area contributed by atoms with Gasteiger partial charge < -0.3 is 9.64 Å². The molecule has 6 rings (SSSR count). The summed E-state index contributed by atoms with van der Waals surface area (Å²) in [6, 6.07) is 36.6. The van der Waals surface area contributed by atoms with E-state index in [1.54, 1.807) is 41.3 Å². The summed E-state index contributed by atoms with van der Waals surface area (Å²) in [6.45, 7) is 4.83. The second kappa shape index (κ2) is 12.7. The van der Waals surface area contributed by atoms with E-state index in [4.69, 9.17) is 16.3 Å². The average molecular weight is 638 g/mol. The lowest BCUT2D eigenvalue weighted by molar-refractivity contribution is 0.0968. The molecule has 7 nitrogen and oxygen atoms in total. The zero-order valence-electron chi connectivity index (χ0n) is 24.9. The van der Waals surface area contributed by atoms with Gasteiger partial charge in [-0.15, -0.1) is 0 Å². The number of aryl methyl sites for hydroxylation is 1. The minimum absolute atomic E-state index is 0.0202. The molecule has 0 aromatic heterocycles. The number of fused-ring (bicyclic) bond motifs is 1. The molecule has 0 saturated carbocycles. The van der Waals surface area contributed by atoms with Crippen LogP contribution in [0.4, 0.5) is 17.1 Å². The van der Waals surface area contributed by atoms with Gasteiger partial charge in [-0.3, -0.25) is 14.4 Å². The van der Waals surface area contributed by atoms with Crippen LogP contribution in [0.25, 0.3) is 0 Å². The second-order valence-electron chi connectivity index (χ2n) is 10.8. The Kier molecular flexibility index (Phi) is 8.52. The van der Waals surface area contributed by atoms with Crippen molar-refractivity contribution in [1.82, 2.24) is 0 Å². The van der Waals surface area contributed by atoms with Gasteiger partial charge in [0.2, 0.25) is 0 Å². The fourth-order valence-corrected chi connectivity index (χ4v) is 6.81. The largest absolute Gasteiger partial charge is 0.494 e. The smallest absolute Gasteiger partial charge is 0.262 e. The van der Waals surface area contributed by atoms with Crippen molar-refractivity contribution in [2.24, 2.45) is 0 Å². The van der Waals surface area contributed by atoms with Crippen molar-refractivity contribution < 1.29 is 17.9 Å². The third kappa shape index (κ3) is 6.38. The van der Waals surface area contributed by atoms with Crippen molar-refractivity contribution in [3.63, 3.8) is 0 Å². The molecule has 5 aromatic carbocycles. The van der Waals surface area contributed by atoms with Crippen LogP contribution in [-0.2, 0) is 16.6 Å². The Morgan fingerprint density at radius 1 is 0.844 bits per heavy atom. The normalized spacial score (nSPS) is 14.6. The molecule has 0 aliphatic carbocycles. The molecule has 5 aromatic rings. The Bertz CT molecular complexity index is 1930. The lowest BCUT2D eigenvalue weighted by atomic mass is 9.99. The fourth-order valence-electron chi connectivity index (χ4n) is 5.53. The molecule has 0 fully saturated rings. The summed E-state index contributed by atoms with van der Waals surface area (Å²) in [5.74, 6) is 0.324. The van der Waals surface area contributed by atoms with E-state index in [0.29, 0.717) is 41.0 Å². The highest BCUT2D eigenvalue weighted by atomic mass is 35.5. The molecule has 9 heteroatoms. The Morgan fingerprint density at radius 2 is 1.58 bits per heavy atom. The van der Waals surface area contributed by atoms with Crippen molar-refractivity contribution in [1.29, 1.82) is 0 Å². The number of carbonyl (C=O) groups is 1. The highest BCUT2D eigenvalue weighted by Crippen LogP contribution is 2.43. The van der Waals surface area contributed by atoms with Crippen LogP contribution >= 0.6 is 11.6 Å². The van der Waals surface area contributed by atoms with E-state index < -0.39 is 16.2 Å². The standard InChI is InChI=1S/C36H32ClN3O4S/c1-3-44-31-18-14-29(15-19-31)38-45(42,43)32-20-21-34-33(23-32)36(41)40(30-16-12-25(2)13-17-30)35(27-10-7-11-28(37)22-27)39(34)24-26-8-5-4-6-9-26/h4-23,35,38H,3,24H2,1-2H3/t35-/m1/s1. The van der Waals surface area contributed by atoms with Gasteiger partial charge in [0.25, 0.3) is 15.9 Å². The van der Waals surface area contributed by atoms with Gasteiger partial charge in [0.1, 0.15) is 11.9 Å². The highest BCUT2D eigenvalue weighted by molar-refractivity contribution is 7.92. The first-order valence-electron chi connectivity index (χ1n) is 14.6. The third-order valence-corrected chi connectivity index (χ3v) is 9.26. The van der Waals surface area contributed by atoms with Crippen LogP contribution in [0.5, 0.6) is 5.75 Å². The van der Waals surface area contributed by atoms with Crippen LogP contribution in [0.1, 0.15) is 40.1 Å². The molecule has 1 heterocycles. The Labute approximate surface area is 268 Å². The summed E-state index contributed by atoms with van der Waals surface area (Å²) in [6.07, 6.45) is -0.559. The number of halogens is 1. The van der Waals surface area contributed by atoms with E-state index in [9.17, 15) is 13.2 Å². The van der Waals surface area contributed by atoms with Gasteiger partial charge in [-0.25, -0.2) is 8.42 Å². The molecule has 1 amide bonds. The number of hydrogen-bond donors (Lipinski definition) is 1. The first-order valence-corrected chi connectivity index (χ1v) is 16.5. The van der Waals surface area contributed by atoms with Crippen molar-refractivity contribution in [3.8, 4) is 5.75 Å². The average Bonchev–Trinajstić information content (AvgIpc) is 3.04. The first kappa shape index (κ1) is 30.2. The Morgan fingerprint density at radius 3 is 2.27 bits per heavy atom. The van der Waals surface area contributed by atoms with E-state index in [-0.39, 0.29) is 16.4 Å². The molecule has 1 N–H and O–H groups in total. The maximum atomic E-state index is 14.5. The predicted octanol–water partition coefficient (Wildman–Crippen LogP) is 8.21. The van der Waals surface area contributed by atoms with Crippen LogP contribution in [0.2, 0.25) is 5.02 Å². The number of sulfonamides is 1. The minimum atomic E-state index is -4.03. The van der Waals surface area contributed by atoms with Gasteiger partial charge in [0, 0.05) is 22.9 Å². The molecule has 0 unspecified atom stereocenters. The lowest BCUT2D eigenvalue weighted by Crippen LogP contribution is -2.49.